The number of hydrogen-bond acceptors (Lipinski definition) is 7. The van der Waals surface area contributed by atoms with Gasteiger partial charge in [0.1, 0.15) is 13.2 Å². The Balaban J connectivity index is 4.51. The summed E-state index contributed by atoms with van der Waals surface area (Å²) in [4.78, 5) is 38.5. The normalized spacial score (nSPS) is 12.8. The van der Waals surface area contributed by atoms with Gasteiger partial charge >= 0.3 is 17.9 Å². The Morgan fingerprint density at radius 2 is 0.542 bits per heavy atom. The van der Waals surface area contributed by atoms with E-state index < -0.39 is 11.7 Å². The van der Waals surface area contributed by atoms with Gasteiger partial charge in [0, 0.05) is 19.3 Å². The molecular formula is C65H119NO6. The molecule has 0 aliphatic rings. The second kappa shape index (κ2) is 57.6. The van der Waals surface area contributed by atoms with Gasteiger partial charge in [0.15, 0.2) is 0 Å². The smallest absolute Gasteiger partial charge is 0.307 e. The zero-order valence-corrected chi connectivity index (χ0v) is 48.0. The Morgan fingerprint density at radius 3 is 0.847 bits per heavy atom. The van der Waals surface area contributed by atoms with Gasteiger partial charge in [-0.05, 0) is 57.8 Å². The molecule has 0 rings (SSSR count). The highest BCUT2D eigenvalue weighted by Crippen LogP contribution is 2.18. The van der Waals surface area contributed by atoms with E-state index >= 15 is 0 Å². The Morgan fingerprint density at radius 1 is 0.306 bits per heavy atom. The van der Waals surface area contributed by atoms with Crippen LogP contribution in [0.4, 0.5) is 0 Å². The van der Waals surface area contributed by atoms with Gasteiger partial charge in [0.25, 0.3) is 0 Å². The minimum Gasteiger partial charge on any atom is -0.460 e. The van der Waals surface area contributed by atoms with Crippen molar-refractivity contribution < 1.29 is 28.6 Å². The lowest BCUT2D eigenvalue weighted by Gasteiger charge is -2.28. The third-order valence-electron chi connectivity index (χ3n) is 14.0. The van der Waals surface area contributed by atoms with Gasteiger partial charge in [-0.2, -0.15) is 0 Å². The molecule has 0 aromatic carbocycles. The van der Waals surface area contributed by atoms with Gasteiger partial charge in [0.05, 0.1) is 0 Å². The van der Waals surface area contributed by atoms with Crippen molar-refractivity contribution in [2.45, 2.75) is 335 Å². The van der Waals surface area contributed by atoms with Crippen LogP contribution in [0.2, 0.25) is 0 Å². The molecule has 0 unspecified atom stereocenters. The van der Waals surface area contributed by atoms with Crippen LogP contribution in [-0.2, 0) is 28.6 Å². The van der Waals surface area contributed by atoms with Crippen molar-refractivity contribution in [2.24, 2.45) is 5.73 Å². The molecule has 0 heterocycles. The average molecular weight is 1010 g/mol. The number of nitrogens with two attached hydrogens (primary N) is 1. The molecule has 0 spiro atoms. The standard InChI is InChI=1S/C65H119NO6/c1-4-7-10-13-16-19-22-25-28-31-32-35-37-40-43-46-49-52-55-58-63(68)71-61-65(66,72-64(69)59-56-53-50-47-44-41-38-34-30-27-24-21-18-15-12-9-6-3)60-70-62(67)57-54-51-48-45-42-39-36-33-29-26-23-20-17-14-11-8-5-2/h18,21,27,30,38,41,47,50H,4-17,19-20,22-26,28-29,31-37,39-40,42-46,48-49,51-61,66H2,1-3H3/b21-18-,30-27-,41-38-,50-47-/t65-/m1/s1. The van der Waals surface area contributed by atoms with Crippen LogP contribution in [0, 0.1) is 0 Å². The molecule has 72 heavy (non-hydrogen) atoms. The van der Waals surface area contributed by atoms with Crippen molar-refractivity contribution in [3.8, 4) is 0 Å². The van der Waals surface area contributed by atoms with E-state index in [2.05, 4.69) is 69.4 Å². The predicted octanol–water partition coefficient (Wildman–Crippen LogP) is 20.3. The third-order valence-corrected chi connectivity index (χ3v) is 14.0. The molecule has 0 amide bonds. The van der Waals surface area contributed by atoms with Gasteiger partial charge in [-0.25, -0.2) is 0 Å². The third kappa shape index (κ3) is 55.1. The van der Waals surface area contributed by atoms with E-state index in [1.165, 1.54) is 218 Å². The first-order valence-electron chi connectivity index (χ1n) is 31.3. The molecule has 0 aromatic heterocycles. The largest absolute Gasteiger partial charge is 0.460 e. The molecule has 0 bridgehead atoms. The van der Waals surface area contributed by atoms with Crippen LogP contribution in [0.3, 0.4) is 0 Å². The molecular weight excluding hydrogens is 891 g/mol. The fourth-order valence-electron chi connectivity index (χ4n) is 9.20. The minimum absolute atomic E-state index is 0.164. The van der Waals surface area contributed by atoms with Crippen LogP contribution < -0.4 is 5.73 Å². The number of esters is 3. The fourth-order valence-corrected chi connectivity index (χ4v) is 9.20. The number of allylic oxidation sites excluding steroid dienone is 8. The summed E-state index contributed by atoms with van der Waals surface area (Å²) in [5.41, 5.74) is 4.80. The molecule has 7 nitrogen and oxygen atoms in total. The van der Waals surface area contributed by atoms with E-state index in [1.807, 2.05) is 0 Å². The van der Waals surface area contributed by atoms with Gasteiger partial charge < -0.3 is 14.2 Å². The van der Waals surface area contributed by atoms with Crippen LogP contribution in [0.1, 0.15) is 329 Å². The molecule has 0 saturated carbocycles. The van der Waals surface area contributed by atoms with Crippen LogP contribution in [0.5, 0.6) is 0 Å². The zero-order chi connectivity index (χ0) is 52.4. The molecule has 1 atom stereocenters. The lowest BCUT2D eigenvalue weighted by Crippen LogP contribution is -2.53. The number of carbonyl (C=O) groups is 3. The summed E-state index contributed by atoms with van der Waals surface area (Å²) in [5.74, 6) is -1.24. The maximum atomic E-state index is 13.0. The summed E-state index contributed by atoms with van der Waals surface area (Å²) in [6, 6.07) is 0. The van der Waals surface area contributed by atoms with Crippen LogP contribution in [-0.4, -0.2) is 36.8 Å². The van der Waals surface area contributed by atoms with Crippen LogP contribution in [0.15, 0.2) is 48.6 Å². The van der Waals surface area contributed by atoms with Crippen molar-refractivity contribution in [1.82, 2.24) is 0 Å². The zero-order valence-electron chi connectivity index (χ0n) is 48.0. The summed E-state index contributed by atoms with van der Waals surface area (Å²) in [5, 5.41) is 0. The fraction of sp³-hybridized carbons (Fsp3) is 0.831. The first-order valence-corrected chi connectivity index (χ1v) is 31.3. The topological polar surface area (TPSA) is 105 Å². The highest BCUT2D eigenvalue weighted by Gasteiger charge is 2.33. The summed E-state index contributed by atoms with van der Waals surface area (Å²) < 4.78 is 16.8. The number of ether oxygens (including phenoxy) is 3. The lowest BCUT2D eigenvalue weighted by atomic mass is 10.0. The molecule has 0 aliphatic heterocycles. The van der Waals surface area contributed by atoms with E-state index in [0.717, 1.165) is 64.2 Å². The predicted molar refractivity (Wildman–Crippen MR) is 310 cm³/mol. The van der Waals surface area contributed by atoms with Crippen molar-refractivity contribution in [3.63, 3.8) is 0 Å². The van der Waals surface area contributed by atoms with Crippen molar-refractivity contribution in [3.05, 3.63) is 48.6 Å². The molecule has 7 heteroatoms. The lowest BCUT2D eigenvalue weighted by molar-refractivity contribution is -0.184. The van der Waals surface area contributed by atoms with E-state index in [1.54, 1.807) is 0 Å². The average Bonchev–Trinajstić information content (AvgIpc) is 3.37. The van der Waals surface area contributed by atoms with E-state index in [-0.39, 0.29) is 44.4 Å². The second-order valence-electron chi connectivity index (χ2n) is 21.4. The Labute approximate surface area is 447 Å². The van der Waals surface area contributed by atoms with Crippen LogP contribution in [0.25, 0.3) is 0 Å². The summed E-state index contributed by atoms with van der Waals surface area (Å²) in [6.07, 6.45) is 73.7. The minimum atomic E-state index is -1.73. The Hall–Kier alpha value is -2.67. The van der Waals surface area contributed by atoms with Crippen molar-refractivity contribution >= 4 is 17.9 Å². The SMILES string of the molecule is CCCCC/C=C\C/C=C\C/C=C\C/C=C\CCCC(=O)O[C@](N)(COC(=O)CCCCCCCCCCCCCCCCCCC)COC(=O)CCCCCCCCCCCCCCCCCCCCC. The monoisotopic (exact) mass is 1010 g/mol. The highest BCUT2D eigenvalue weighted by molar-refractivity contribution is 5.71. The number of unbranched alkanes of at least 4 members (excludes halogenated alkanes) is 38. The second-order valence-corrected chi connectivity index (χ2v) is 21.4. The molecule has 0 aliphatic carbocycles. The maximum Gasteiger partial charge on any atom is 0.307 e. The van der Waals surface area contributed by atoms with Gasteiger partial charge in [0.2, 0.25) is 5.72 Å². The number of rotatable bonds is 57. The first-order chi connectivity index (χ1) is 35.4. The highest BCUT2D eigenvalue weighted by atomic mass is 16.6. The molecule has 0 radical (unpaired) electrons. The molecule has 0 saturated heterocycles. The Kier molecular flexibility index (Phi) is 55.5. The molecule has 0 fully saturated rings. The summed E-state index contributed by atoms with van der Waals surface area (Å²) in [7, 11) is 0. The van der Waals surface area contributed by atoms with Gasteiger partial charge in [-0.15, -0.1) is 0 Å². The number of carbonyl (C=O) groups excluding carboxylic acids is 3. The quantitative estimate of drug-likeness (QED) is 0.0213. The Bertz CT molecular complexity index is 1290. The van der Waals surface area contributed by atoms with Gasteiger partial charge in [-0.1, -0.05) is 301 Å². The molecule has 0 aromatic rings. The van der Waals surface area contributed by atoms with E-state index in [4.69, 9.17) is 19.9 Å². The first kappa shape index (κ1) is 69.3. The summed E-state index contributed by atoms with van der Waals surface area (Å²) in [6.45, 7) is 6.10. The molecule has 2 N–H and O–H groups in total. The van der Waals surface area contributed by atoms with Crippen LogP contribution >= 0.6 is 0 Å². The van der Waals surface area contributed by atoms with Gasteiger partial charge in [-0.3, -0.25) is 20.1 Å². The van der Waals surface area contributed by atoms with Crippen molar-refractivity contribution in [2.75, 3.05) is 13.2 Å². The maximum absolute atomic E-state index is 13.0. The van der Waals surface area contributed by atoms with E-state index in [9.17, 15) is 14.4 Å². The number of hydrogen-bond donors (Lipinski definition) is 1. The summed E-state index contributed by atoms with van der Waals surface area (Å²) >= 11 is 0. The van der Waals surface area contributed by atoms with E-state index in [0.29, 0.717) is 6.42 Å². The van der Waals surface area contributed by atoms with Crippen molar-refractivity contribution in [1.29, 1.82) is 0 Å². The molecule has 420 valence electrons.